The van der Waals surface area contributed by atoms with Crippen LogP contribution in [0.2, 0.25) is 5.02 Å². The van der Waals surface area contributed by atoms with Gasteiger partial charge in [0.05, 0.1) is 21.6 Å². The Kier molecular flexibility index (Phi) is 12.4. The Hall–Kier alpha value is -6.17. The molecule has 2 aromatic heterocycles. The second-order valence-corrected chi connectivity index (χ2v) is 19.2. The van der Waals surface area contributed by atoms with Gasteiger partial charge in [0.2, 0.25) is 0 Å². The number of hydrogen-bond donors (Lipinski definition) is 4. The average Bonchev–Trinajstić information content (AvgIpc) is 3.73. The number of halogens is 1. The number of allylic oxidation sites excluding steroid dienone is 1. The van der Waals surface area contributed by atoms with Crippen LogP contribution < -0.4 is 19.7 Å². The predicted octanol–water partition coefficient (Wildman–Crippen LogP) is 8.38. The van der Waals surface area contributed by atoms with Crippen LogP contribution in [0.25, 0.3) is 16.6 Å². The Balaban J connectivity index is 1.00. The molecule has 2 amide bonds. The molecule has 4 N–H and O–H groups in total. The topological polar surface area (TPSA) is 203 Å². The number of sulfonamides is 1. The Labute approximate surface area is 370 Å². The molecule has 1 aliphatic carbocycles. The Morgan fingerprint density at radius 1 is 1.00 bits per heavy atom. The molecule has 16 nitrogen and oxygen atoms in total. The number of rotatable bonds is 12. The number of carboxylic acid groups (broad SMARTS) is 1. The fraction of sp³-hybridized carbons (Fsp3) is 0.356. The molecule has 0 spiro atoms. The van der Waals surface area contributed by atoms with E-state index in [1.807, 2.05) is 18.2 Å². The molecule has 0 unspecified atom stereocenters. The number of H-pyrrole nitrogens is 1. The summed E-state index contributed by atoms with van der Waals surface area (Å²) in [6.07, 6.45) is 6.20. The smallest absolute Gasteiger partial charge is 0.407 e. The lowest BCUT2D eigenvalue weighted by atomic mass is 9.72. The van der Waals surface area contributed by atoms with Crippen LogP contribution in [0, 0.1) is 15.5 Å². The Morgan fingerprint density at radius 2 is 1.75 bits per heavy atom. The predicted molar refractivity (Wildman–Crippen MR) is 241 cm³/mol. The van der Waals surface area contributed by atoms with Gasteiger partial charge in [0.1, 0.15) is 22.8 Å². The largest absolute Gasteiger partial charge is 0.465 e. The minimum atomic E-state index is -4.62. The first kappa shape index (κ1) is 43.5. The van der Waals surface area contributed by atoms with E-state index in [0.29, 0.717) is 37.3 Å². The van der Waals surface area contributed by atoms with Crippen LogP contribution in [-0.4, -0.2) is 102 Å². The van der Waals surface area contributed by atoms with Gasteiger partial charge in [-0.25, -0.2) is 22.9 Å². The third kappa shape index (κ3) is 10.1. The van der Waals surface area contributed by atoms with Crippen LogP contribution in [0.1, 0.15) is 61.9 Å². The summed E-state index contributed by atoms with van der Waals surface area (Å²) >= 11 is 6.24. The molecular weight excluding hydrogens is 848 g/mol. The quantitative estimate of drug-likeness (QED) is 0.0689. The summed E-state index contributed by atoms with van der Waals surface area (Å²) in [7, 11) is -4.62. The highest BCUT2D eigenvalue weighted by molar-refractivity contribution is 7.90. The van der Waals surface area contributed by atoms with Crippen molar-refractivity contribution in [2.24, 2.45) is 5.41 Å². The van der Waals surface area contributed by atoms with Crippen LogP contribution >= 0.6 is 11.6 Å². The molecule has 63 heavy (non-hydrogen) atoms. The lowest BCUT2D eigenvalue weighted by Crippen LogP contribution is -2.47. The van der Waals surface area contributed by atoms with Gasteiger partial charge in [-0.1, -0.05) is 43.2 Å². The summed E-state index contributed by atoms with van der Waals surface area (Å²) in [6.45, 7) is 9.04. The second kappa shape index (κ2) is 17.9. The summed E-state index contributed by atoms with van der Waals surface area (Å²) in [5, 5.41) is 26.0. The van der Waals surface area contributed by atoms with Gasteiger partial charge in [0, 0.05) is 86.3 Å². The lowest BCUT2D eigenvalue weighted by molar-refractivity contribution is -0.384. The number of piperidine rings is 1. The number of carbonyl (C=O) groups excluding carboxylic acids is 1. The number of carbonyl (C=O) groups is 2. The number of fused-ring (bicyclic) bond motifs is 1. The van der Waals surface area contributed by atoms with Crippen LogP contribution in [0.15, 0.2) is 95.7 Å². The van der Waals surface area contributed by atoms with E-state index in [2.05, 4.69) is 55.8 Å². The van der Waals surface area contributed by atoms with E-state index in [1.165, 1.54) is 46.0 Å². The number of pyridine rings is 1. The van der Waals surface area contributed by atoms with E-state index < -0.39 is 37.5 Å². The van der Waals surface area contributed by atoms with E-state index in [1.54, 1.807) is 24.4 Å². The molecular formula is C45H49ClN8O8S. The number of nitro benzene ring substituents is 1. The third-order valence-corrected chi connectivity index (χ3v) is 13.8. The highest BCUT2D eigenvalue weighted by atomic mass is 35.5. The number of amides is 2. The number of nitrogens with zero attached hydrogens (tertiary/aromatic N) is 5. The van der Waals surface area contributed by atoms with Crippen molar-refractivity contribution in [3.05, 3.63) is 117 Å². The molecule has 4 heterocycles. The van der Waals surface area contributed by atoms with Crippen molar-refractivity contribution in [1.82, 2.24) is 24.5 Å². The van der Waals surface area contributed by atoms with E-state index >= 15 is 0 Å². The van der Waals surface area contributed by atoms with Crippen LogP contribution in [0.4, 0.5) is 21.9 Å². The third-order valence-electron chi connectivity index (χ3n) is 12.2. The molecule has 330 valence electrons. The molecule has 2 aliphatic heterocycles. The van der Waals surface area contributed by atoms with Gasteiger partial charge in [-0.2, -0.15) is 0 Å². The molecule has 2 fully saturated rings. The highest BCUT2D eigenvalue weighted by Gasteiger charge is 2.31. The van der Waals surface area contributed by atoms with Gasteiger partial charge in [0.25, 0.3) is 21.6 Å². The highest BCUT2D eigenvalue weighted by Crippen LogP contribution is 2.43. The first-order valence-corrected chi connectivity index (χ1v) is 22.8. The standard InChI is InChI=1S/C45H49ClN8O8S/c1-45(2)15-11-31(38(26-45)29-3-5-32(46)6-4-29)28-51-19-21-52(22-20-51)34-7-9-37(41(24-34)62-35-23-30-12-16-47-42(30)48-27-35)43(55)50-63(60,61)36-8-10-39(40(25-36)54(58)59)49-33-13-17-53(18-14-33)44(56)57/h3-10,12,16,23-25,27,33,49H,11,13-15,17-22,26,28H2,1-2H3,(H,47,48)(H,50,55)(H,56,57). The maximum atomic E-state index is 13.9. The van der Waals surface area contributed by atoms with Gasteiger partial charge >= 0.3 is 6.09 Å². The fourth-order valence-corrected chi connectivity index (χ4v) is 9.71. The first-order valence-electron chi connectivity index (χ1n) is 20.9. The molecule has 0 atom stereocenters. The van der Waals surface area contributed by atoms with E-state index in [0.717, 1.165) is 61.1 Å². The zero-order chi connectivity index (χ0) is 44.5. The Bertz CT molecular complexity index is 2690. The molecule has 5 aromatic rings. The number of hydrogen-bond acceptors (Lipinski definition) is 11. The summed E-state index contributed by atoms with van der Waals surface area (Å²) in [6, 6.07) is 19.8. The average molecular weight is 897 g/mol. The maximum absolute atomic E-state index is 13.9. The first-order chi connectivity index (χ1) is 30.1. The van der Waals surface area contributed by atoms with Crippen molar-refractivity contribution in [3.63, 3.8) is 0 Å². The van der Waals surface area contributed by atoms with Crippen molar-refractivity contribution in [2.75, 3.05) is 56.0 Å². The number of piperazine rings is 1. The second-order valence-electron chi connectivity index (χ2n) is 17.1. The minimum Gasteiger partial charge on any atom is -0.465 e. The molecule has 3 aliphatic rings. The van der Waals surface area contributed by atoms with Crippen LogP contribution in [0.5, 0.6) is 11.5 Å². The summed E-state index contributed by atoms with van der Waals surface area (Å²) in [4.78, 5) is 49.6. The molecule has 8 rings (SSSR count). The monoisotopic (exact) mass is 896 g/mol. The summed E-state index contributed by atoms with van der Waals surface area (Å²) in [5.74, 6) is -0.567. The van der Waals surface area contributed by atoms with E-state index in [9.17, 15) is 33.2 Å². The van der Waals surface area contributed by atoms with Crippen LogP contribution in [0.3, 0.4) is 0 Å². The molecule has 3 aromatic carbocycles. The molecule has 18 heteroatoms. The lowest BCUT2D eigenvalue weighted by Gasteiger charge is -2.39. The van der Waals surface area contributed by atoms with Crippen molar-refractivity contribution < 1.29 is 32.8 Å². The van der Waals surface area contributed by atoms with Crippen molar-refractivity contribution in [3.8, 4) is 11.5 Å². The summed E-state index contributed by atoms with van der Waals surface area (Å²) in [5.41, 5.74) is 5.21. The zero-order valence-electron chi connectivity index (χ0n) is 35.0. The number of anilines is 2. The minimum absolute atomic E-state index is 0.0718. The molecule has 0 radical (unpaired) electrons. The van der Waals surface area contributed by atoms with Crippen molar-refractivity contribution in [2.45, 2.75) is 56.9 Å². The molecule has 0 saturated carbocycles. The van der Waals surface area contributed by atoms with Gasteiger partial charge < -0.3 is 29.9 Å². The van der Waals surface area contributed by atoms with Gasteiger partial charge in [-0.15, -0.1) is 0 Å². The SMILES string of the molecule is CC1(C)CCC(CN2CCN(c3ccc(C(=O)NS(=O)(=O)c4ccc(NC5CCN(C(=O)O)CC5)c([N+](=O)[O-])c4)c(Oc4cnc5[nH]ccc5c4)c3)CC2)=C(c2ccc(Cl)cc2)C1. The maximum Gasteiger partial charge on any atom is 0.407 e. The van der Waals surface area contributed by atoms with Crippen molar-refractivity contribution in [1.29, 1.82) is 0 Å². The number of likely N-dealkylation sites (tertiary alicyclic amines) is 1. The fourth-order valence-electron chi connectivity index (χ4n) is 8.60. The Morgan fingerprint density at radius 3 is 2.46 bits per heavy atom. The summed E-state index contributed by atoms with van der Waals surface area (Å²) < 4.78 is 35.8. The number of ether oxygens (including phenoxy) is 1. The molecule has 2 saturated heterocycles. The van der Waals surface area contributed by atoms with Crippen molar-refractivity contribution >= 4 is 67.3 Å². The normalized spacial score (nSPS) is 17.4. The number of aromatic nitrogens is 2. The number of nitro groups is 1. The van der Waals surface area contributed by atoms with Gasteiger partial charge in [-0.3, -0.25) is 19.8 Å². The van der Waals surface area contributed by atoms with Gasteiger partial charge in [-0.05, 0) is 97.2 Å². The van der Waals surface area contributed by atoms with Gasteiger partial charge in [0.15, 0.2) is 0 Å². The number of aromatic amines is 1. The van der Waals surface area contributed by atoms with E-state index in [-0.39, 0.29) is 41.5 Å². The zero-order valence-corrected chi connectivity index (χ0v) is 36.5. The molecule has 0 bridgehead atoms. The number of nitrogens with one attached hydrogen (secondary N) is 3. The number of benzene rings is 3. The van der Waals surface area contributed by atoms with E-state index in [4.69, 9.17) is 16.3 Å². The van der Waals surface area contributed by atoms with Crippen LogP contribution in [-0.2, 0) is 10.0 Å².